The van der Waals surface area contributed by atoms with E-state index in [1.165, 1.54) is 5.56 Å². The van der Waals surface area contributed by atoms with Gasteiger partial charge in [-0.15, -0.1) is 0 Å². The van der Waals surface area contributed by atoms with Crippen LogP contribution in [0.2, 0.25) is 0 Å². The van der Waals surface area contributed by atoms with Crippen molar-refractivity contribution in [2.75, 3.05) is 40.6 Å². The van der Waals surface area contributed by atoms with Gasteiger partial charge < -0.3 is 19.5 Å². The maximum atomic E-state index is 5.88. The van der Waals surface area contributed by atoms with Crippen LogP contribution in [0.4, 0.5) is 0 Å². The molecule has 1 N–H and O–H groups in total. The first-order chi connectivity index (χ1) is 9.83. The number of nitrogens with one attached hydrogen (secondary N) is 1. The summed E-state index contributed by atoms with van der Waals surface area (Å²) in [6.07, 6.45) is 1.92. The van der Waals surface area contributed by atoms with E-state index in [2.05, 4.69) is 24.4 Å². The first kappa shape index (κ1) is 17.0. The lowest BCUT2D eigenvalue weighted by Gasteiger charge is -2.18. The molecule has 0 spiro atoms. The fourth-order valence-corrected chi connectivity index (χ4v) is 2.07. The molecule has 0 aliphatic carbocycles. The van der Waals surface area contributed by atoms with Crippen molar-refractivity contribution in [3.05, 3.63) is 29.8 Å². The van der Waals surface area contributed by atoms with Gasteiger partial charge in [0.2, 0.25) is 0 Å². The number of methoxy groups -OCH3 is 1. The Balaban J connectivity index is 2.36. The molecule has 0 amide bonds. The minimum Gasteiger partial charge on any atom is -0.493 e. The van der Waals surface area contributed by atoms with Crippen molar-refractivity contribution in [1.82, 2.24) is 5.32 Å². The number of hydrogen-bond acceptors (Lipinski definition) is 4. The van der Waals surface area contributed by atoms with Gasteiger partial charge in [0, 0.05) is 31.7 Å². The first-order valence-corrected chi connectivity index (χ1v) is 7.29. The van der Waals surface area contributed by atoms with Crippen molar-refractivity contribution in [2.45, 2.75) is 25.8 Å². The van der Waals surface area contributed by atoms with Crippen LogP contribution < -0.4 is 10.1 Å². The molecule has 4 heteroatoms. The van der Waals surface area contributed by atoms with Gasteiger partial charge in [-0.2, -0.15) is 0 Å². The fourth-order valence-electron chi connectivity index (χ4n) is 2.07. The van der Waals surface area contributed by atoms with Gasteiger partial charge in [-0.05, 0) is 19.5 Å². The van der Waals surface area contributed by atoms with Crippen LogP contribution in [0.5, 0.6) is 5.75 Å². The molecule has 1 atom stereocenters. The van der Waals surface area contributed by atoms with Crippen LogP contribution in [-0.4, -0.2) is 40.6 Å². The van der Waals surface area contributed by atoms with E-state index in [0.717, 1.165) is 18.6 Å². The molecule has 0 saturated heterocycles. The molecule has 1 unspecified atom stereocenters. The third-order valence-corrected chi connectivity index (χ3v) is 3.17. The summed E-state index contributed by atoms with van der Waals surface area (Å²) in [5, 5.41) is 3.31. The number of para-hydroxylation sites is 1. The monoisotopic (exact) mass is 281 g/mol. The van der Waals surface area contributed by atoms with E-state index in [9.17, 15) is 0 Å². The Bertz CT molecular complexity index is 353. The Hall–Kier alpha value is -1.10. The summed E-state index contributed by atoms with van der Waals surface area (Å²) in [6.45, 7) is 4.83. The summed E-state index contributed by atoms with van der Waals surface area (Å²) < 4.78 is 16.2. The molecule has 0 aliphatic rings. The van der Waals surface area contributed by atoms with E-state index < -0.39 is 0 Å². The largest absolute Gasteiger partial charge is 0.493 e. The summed E-state index contributed by atoms with van der Waals surface area (Å²) in [4.78, 5) is 0. The molecule has 0 radical (unpaired) electrons. The lowest BCUT2D eigenvalue weighted by molar-refractivity contribution is 0.0643. The van der Waals surface area contributed by atoms with Crippen LogP contribution in [0.3, 0.4) is 0 Å². The molecule has 0 bridgehead atoms. The predicted molar refractivity (Wildman–Crippen MR) is 81.3 cm³/mol. The average Bonchev–Trinajstić information content (AvgIpc) is 2.49. The number of rotatable bonds is 11. The molecule has 1 aromatic rings. The van der Waals surface area contributed by atoms with Gasteiger partial charge in [0.1, 0.15) is 5.75 Å². The Labute approximate surface area is 122 Å². The number of hydrogen-bond donors (Lipinski definition) is 1. The van der Waals surface area contributed by atoms with Crippen LogP contribution >= 0.6 is 0 Å². The predicted octanol–water partition coefficient (Wildman–Crippen LogP) is 2.79. The molecule has 114 valence electrons. The minimum absolute atomic E-state index is 0.337. The van der Waals surface area contributed by atoms with Crippen LogP contribution in [0.1, 0.15) is 31.4 Å². The van der Waals surface area contributed by atoms with E-state index in [-0.39, 0.29) is 0 Å². The molecule has 1 rings (SSSR count). The molecule has 0 heterocycles. The molecular weight excluding hydrogens is 254 g/mol. The molecule has 0 aliphatic heterocycles. The minimum atomic E-state index is 0.337. The highest BCUT2D eigenvalue weighted by Crippen LogP contribution is 2.26. The molecule has 0 aromatic heterocycles. The molecule has 0 saturated carbocycles. The normalized spacial score (nSPS) is 12.3. The van der Waals surface area contributed by atoms with Crippen LogP contribution in [-0.2, 0) is 9.47 Å². The van der Waals surface area contributed by atoms with Crippen LogP contribution in [0.25, 0.3) is 0 Å². The maximum absolute atomic E-state index is 5.88. The summed E-state index contributed by atoms with van der Waals surface area (Å²) in [6, 6.07) is 8.55. The topological polar surface area (TPSA) is 39.7 Å². The van der Waals surface area contributed by atoms with Crippen molar-refractivity contribution in [1.29, 1.82) is 0 Å². The smallest absolute Gasteiger partial charge is 0.124 e. The van der Waals surface area contributed by atoms with E-state index >= 15 is 0 Å². The van der Waals surface area contributed by atoms with Crippen molar-refractivity contribution >= 4 is 0 Å². The maximum Gasteiger partial charge on any atom is 0.124 e. The summed E-state index contributed by atoms with van der Waals surface area (Å²) in [5.41, 5.74) is 1.22. The zero-order valence-electron chi connectivity index (χ0n) is 12.9. The summed E-state index contributed by atoms with van der Waals surface area (Å²) in [5.74, 6) is 0.964. The van der Waals surface area contributed by atoms with E-state index in [1.54, 1.807) is 7.11 Å². The van der Waals surface area contributed by atoms with Gasteiger partial charge >= 0.3 is 0 Å². The molecule has 1 aromatic carbocycles. The number of benzene rings is 1. The lowest BCUT2D eigenvalue weighted by atomic mass is 10.0. The summed E-state index contributed by atoms with van der Waals surface area (Å²) in [7, 11) is 3.66. The third-order valence-electron chi connectivity index (χ3n) is 3.17. The van der Waals surface area contributed by atoms with E-state index in [0.29, 0.717) is 32.5 Å². The second-order valence-corrected chi connectivity index (χ2v) is 4.59. The second kappa shape index (κ2) is 10.7. The Morgan fingerprint density at radius 3 is 2.60 bits per heavy atom. The van der Waals surface area contributed by atoms with Crippen molar-refractivity contribution in [3.63, 3.8) is 0 Å². The van der Waals surface area contributed by atoms with E-state index in [4.69, 9.17) is 14.2 Å². The quantitative estimate of drug-likeness (QED) is 0.633. The van der Waals surface area contributed by atoms with Crippen molar-refractivity contribution < 1.29 is 14.2 Å². The highest BCUT2D eigenvalue weighted by molar-refractivity contribution is 5.35. The average molecular weight is 281 g/mol. The SMILES string of the molecule is CCC(NC)c1ccccc1OCCCOCCOC. The van der Waals surface area contributed by atoms with Crippen LogP contribution in [0, 0.1) is 0 Å². The van der Waals surface area contributed by atoms with Gasteiger partial charge in [0.25, 0.3) is 0 Å². The zero-order chi connectivity index (χ0) is 14.6. The Morgan fingerprint density at radius 2 is 1.90 bits per heavy atom. The third kappa shape index (κ3) is 5.90. The fraction of sp³-hybridized carbons (Fsp3) is 0.625. The second-order valence-electron chi connectivity index (χ2n) is 4.59. The molecule has 0 fully saturated rings. The molecule has 20 heavy (non-hydrogen) atoms. The van der Waals surface area contributed by atoms with Gasteiger partial charge in [-0.25, -0.2) is 0 Å². The van der Waals surface area contributed by atoms with Gasteiger partial charge in [-0.1, -0.05) is 25.1 Å². The first-order valence-electron chi connectivity index (χ1n) is 7.29. The lowest BCUT2D eigenvalue weighted by Crippen LogP contribution is -2.16. The van der Waals surface area contributed by atoms with Crippen molar-refractivity contribution in [3.8, 4) is 5.75 Å². The standard InChI is InChI=1S/C16H27NO3/c1-4-15(17-2)14-8-5-6-9-16(14)20-11-7-10-19-13-12-18-3/h5-6,8-9,15,17H,4,7,10-13H2,1-3H3. The van der Waals surface area contributed by atoms with Gasteiger partial charge in [0.15, 0.2) is 0 Å². The zero-order valence-corrected chi connectivity index (χ0v) is 12.9. The van der Waals surface area contributed by atoms with Gasteiger partial charge in [0.05, 0.1) is 19.8 Å². The molecular formula is C16H27NO3. The Kier molecular flexibility index (Phi) is 9.04. The molecule has 4 nitrogen and oxygen atoms in total. The summed E-state index contributed by atoms with van der Waals surface area (Å²) >= 11 is 0. The van der Waals surface area contributed by atoms with Gasteiger partial charge in [-0.3, -0.25) is 0 Å². The highest BCUT2D eigenvalue weighted by atomic mass is 16.5. The Morgan fingerprint density at radius 1 is 1.10 bits per heavy atom. The number of ether oxygens (including phenoxy) is 3. The van der Waals surface area contributed by atoms with Crippen LogP contribution in [0.15, 0.2) is 24.3 Å². The van der Waals surface area contributed by atoms with E-state index in [1.807, 2.05) is 19.2 Å². The van der Waals surface area contributed by atoms with Crippen molar-refractivity contribution in [2.24, 2.45) is 0 Å². The highest BCUT2D eigenvalue weighted by Gasteiger charge is 2.11.